The fourth-order valence-electron chi connectivity index (χ4n) is 6.97. The van der Waals surface area contributed by atoms with Gasteiger partial charge in [-0.05, 0) is 73.9 Å². The van der Waals surface area contributed by atoms with E-state index in [-0.39, 0.29) is 34.4 Å². The third-order valence-corrected chi connectivity index (χ3v) is 12.2. The van der Waals surface area contributed by atoms with Crippen LogP contribution in [0.1, 0.15) is 18.9 Å². The number of ether oxygens (including phenoxy) is 1. The average molecular weight is 699 g/mol. The van der Waals surface area contributed by atoms with E-state index in [1.54, 1.807) is 65.2 Å². The maximum atomic E-state index is 14.6. The number of thioether (sulfide) groups is 1. The Morgan fingerprint density at radius 2 is 1.68 bits per heavy atom. The van der Waals surface area contributed by atoms with E-state index in [0.29, 0.717) is 41.6 Å². The minimum atomic E-state index is -0.908. The van der Waals surface area contributed by atoms with E-state index in [1.807, 2.05) is 37.3 Å². The fourth-order valence-corrected chi connectivity index (χ4v) is 10.7. The number of carbonyl (C=O) groups is 3. The number of hydrogen-bond acceptors (Lipinski definition) is 6. The minimum absolute atomic E-state index is 0.0832. The zero-order valence-corrected chi connectivity index (χ0v) is 27.1. The van der Waals surface area contributed by atoms with Crippen LogP contribution in [0.3, 0.4) is 0 Å². The van der Waals surface area contributed by atoms with Crippen LogP contribution in [0, 0.1) is 11.8 Å². The van der Waals surface area contributed by atoms with Crippen molar-refractivity contribution >= 4 is 68.4 Å². The molecule has 1 spiro atoms. The number of benzene rings is 3. The van der Waals surface area contributed by atoms with Crippen molar-refractivity contribution in [1.82, 2.24) is 4.90 Å². The summed E-state index contributed by atoms with van der Waals surface area (Å²) in [5.74, 6) is -1.61. The van der Waals surface area contributed by atoms with E-state index >= 15 is 0 Å². The number of hydrogen-bond donors (Lipinski definition) is 3. The van der Waals surface area contributed by atoms with Crippen LogP contribution in [0.15, 0.2) is 78.9 Å². The molecule has 3 aromatic rings. The first kappa shape index (κ1) is 31.0. The second kappa shape index (κ2) is 12.7. The minimum Gasteiger partial charge on any atom is -0.494 e. The van der Waals surface area contributed by atoms with Gasteiger partial charge in [-0.15, -0.1) is 11.8 Å². The Hall–Kier alpha value is -3.05. The van der Waals surface area contributed by atoms with Crippen LogP contribution in [0.2, 0.25) is 5.02 Å². The molecule has 3 aromatic carbocycles. The molecule has 3 saturated heterocycles. The molecular formula is C33H33BrClN3O5S. The summed E-state index contributed by atoms with van der Waals surface area (Å²) in [7, 11) is 0. The summed E-state index contributed by atoms with van der Waals surface area (Å²) in [6, 6.07) is 22.0. The number of alkyl halides is 1. The molecule has 8 nitrogen and oxygen atoms in total. The lowest BCUT2D eigenvalue weighted by atomic mass is 9.70. The third-order valence-electron chi connectivity index (χ3n) is 8.74. The number of aliphatic hydroxyl groups is 1. The van der Waals surface area contributed by atoms with Crippen LogP contribution < -0.4 is 15.4 Å². The van der Waals surface area contributed by atoms with Crippen LogP contribution in [0.25, 0.3) is 0 Å². The molecule has 11 heteroatoms. The van der Waals surface area contributed by atoms with Gasteiger partial charge in [0.2, 0.25) is 17.7 Å². The molecule has 230 valence electrons. The van der Waals surface area contributed by atoms with Gasteiger partial charge in [0.1, 0.15) is 11.8 Å². The molecule has 3 unspecified atom stereocenters. The maximum absolute atomic E-state index is 14.6. The summed E-state index contributed by atoms with van der Waals surface area (Å²) in [4.78, 5) is 44.3. The van der Waals surface area contributed by atoms with E-state index in [1.165, 1.54) is 0 Å². The lowest BCUT2D eigenvalue weighted by Crippen LogP contribution is -2.55. The third kappa shape index (κ3) is 5.62. The van der Waals surface area contributed by atoms with Gasteiger partial charge in [0.05, 0.1) is 35.8 Å². The van der Waals surface area contributed by atoms with Crippen molar-refractivity contribution in [3.63, 3.8) is 0 Å². The highest BCUT2D eigenvalue weighted by Crippen LogP contribution is 2.68. The predicted octanol–water partition coefficient (Wildman–Crippen LogP) is 5.38. The average Bonchev–Trinajstić information content (AvgIpc) is 3.62. The van der Waals surface area contributed by atoms with Crippen molar-refractivity contribution < 1.29 is 24.2 Å². The quantitative estimate of drug-likeness (QED) is 0.246. The van der Waals surface area contributed by atoms with Crippen LogP contribution in [0.5, 0.6) is 5.75 Å². The SMILES string of the molecule is CCOc1ccc(NC(=O)[C@H]2[C@@H]3SC4(CC3Br)C(C(=O)Nc3ccc(Cl)cc3)N([C@@H](CO)Cc3ccccc3)C(=O)[C@H]24)cc1. The first-order valence-corrected chi connectivity index (χ1v) is 16.8. The van der Waals surface area contributed by atoms with Gasteiger partial charge >= 0.3 is 0 Å². The normalized spacial score (nSPS) is 27.6. The number of likely N-dealkylation sites (tertiary alicyclic amines) is 1. The molecule has 2 bridgehead atoms. The molecule has 44 heavy (non-hydrogen) atoms. The molecule has 3 amide bonds. The van der Waals surface area contributed by atoms with E-state index in [4.69, 9.17) is 16.3 Å². The standard InChI is InChI=1S/C33H33BrClN3O5S/c1-2-43-24-14-12-22(13-15-24)36-30(40)26-27-32(42)38(23(18-39)16-19-6-4-3-5-7-19)29(33(27)17-25(34)28(26)44-33)31(41)37-21-10-8-20(35)9-11-21/h3-15,23,25-29,39H,2,16-18H2,1H3,(H,36,40)(H,37,41)/t23-,25?,26-,27+,28-,29?,33?/m1/s1. The predicted molar refractivity (Wildman–Crippen MR) is 176 cm³/mol. The molecule has 0 radical (unpaired) electrons. The van der Waals surface area contributed by atoms with E-state index in [0.717, 1.165) is 5.56 Å². The second-order valence-corrected chi connectivity index (χ2v) is 14.5. The number of nitrogens with zero attached hydrogens (tertiary/aromatic N) is 1. The Kier molecular flexibility index (Phi) is 8.97. The highest BCUT2D eigenvalue weighted by Gasteiger charge is 2.76. The number of aliphatic hydroxyl groups excluding tert-OH is 1. The Labute approximate surface area is 274 Å². The number of fused-ring (bicyclic) bond motifs is 1. The summed E-state index contributed by atoms with van der Waals surface area (Å²) >= 11 is 11.4. The molecule has 3 fully saturated rings. The van der Waals surface area contributed by atoms with Crippen molar-refractivity contribution in [2.24, 2.45) is 11.8 Å². The number of nitrogens with one attached hydrogen (secondary N) is 2. The Morgan fingerprint density at radius 3 is 2.32 bits per heavy atom. The molecule has 3 N–H and O–H groups in total. The number of carbonyl (C=O) groups excluding carboxylic acids is 3. The molecule has 7 atom stereocenters. The Morgan fingerprint density at radius 1 is 1.05 bits per heavy atom. The monoisotopic (exact) mass is 697 g/mol. The summed E-state index contributed by atoms with van der Waals surface area (Å²) in [6.45, 7) is 2.11. The lowest BCUT2D eigenvalue weighted by Gasteiger charge is -2.37. The van der Waals surface area contributed by atoms with Crippen LogP contribution in [-0.4, -0.2) is 67.8 Å². The fraction of sp³-hybridized carbons (Fsp3) is 0.364. The molecule has 0 aromatic heterocycles. The van der Waals surface area contributed by atoms with Gasteiger partial charge in [0, 0.05) is 26.5 Å². The molecule has 0 aliphatic carbocycles. The van der Waals surface area contributed by atoms with Crippen molar-refractivity contribution in [3.8, 4) is 5.75 Å². The van der Waals surface area contributed by atoms with E-state index < -0.39 is 28.7 Å². The Bertz CT molecular complexity index is 1530. The molecular weight excluding hydrogens is 666 g/mol. The summed E-state index contributed by atoms with van der Waals surface area (Å²) in [6.07, 6.45) is 0.899. The zero-order chi connectivity index (χ0) is 31.0. The summed E-state index contributed by atoms with van der Waals surface area (Å²) < 4.78 is 4.66. The van der Waals surface area contributed by atoms with Crippen LogP contribution >= 0.6 is 39.3 Å². The molecule has 0 saturated carbocycles. The number of amides is 3. The zero-order valence-electron chi connectivity index (χ0n) is 24.0. The number of rotatable bonds is 10. The van der Waals surface area contributed by atoms with Gasteiger partial charge < -0.3 is 25.4 Å². The summed E-state index contributed by atoms with van der Waals surface area (Å²) in [5.41, 5.74) is 2.09. The first-order valence-electron chi connectivity index (χ1n) is 14.6. The van der Waals surface area contributed by atoms with Crippen LogP contribution in [-0.2, 0) is 20.8 Å². The van der Waals surface area contributed by atoms with E-state index in [2.05, 4.69) is 26.6 Å². The van der Waals surface area contributed by atoms with Gasteiger partial charge in [-0.3, -0.25) is 14.4 Å². The highest BCUT2D eigenvalue weighted by molar-refractivity contribution is 9.09. The lowest BCUT2D eigenvalue weighted by molar-refractivity contribution is -0.141. The molecule has 3 aliphatic heterocycles. The van der Waals surface area contributed by atoms with Crippen LogP contribution in [0.4, 0.5) is 11.4 Å². The van der Waals surface area contributed by atoms with Crippen molar-refractivity contribution in [3.05, 3.63) is 89.4 Å². The first-order chi connectivity index (χ1) is 21.3. The van der Waals surface area contributed by atoms with Gasteiger partial charge in [0.15, 0.2) is 0 Å². The number of anilines is 2. The second-order valence-electron chi connectivity index (χ2n) is 11.4. The number of halogens is 2. The van der Waals surface area contributed by atoms with Crippen molar-refractivity contribution in [1.29, 1.82) is 0 Å². The van der Waals surface area contributed by atoms with Gasteiger partial charge in [-0.25, -0.2) is 0 Å². The van der Waals surface area contributed by atoms with Crippen molar-refractivity contribution in [2.45, 2.75) is 46.7 Å². The topological polar surface area (TPSA) is 108 Å². The molecule has 3 heterocycles. The van der Waals surface area contributed by atoms with Gasteiger partial charge in [0.25, 0.3) is 0 Å². The maximum Gasteiger partial charge on any atom is 0.248 e. The van der Waals surface area contributed by atoms with Crippen molar-refractivity contribution in [2.75, 3.05) is 23.8 Å². The molecule has 6 rings (SSSR count). The Balaban J connectivity index is 1.35. The smallest absolute Gasteiger partial charge is 0.248 e. The molecule has 3 aliphatic rings. The van der Waals surface area contributed by atoms with Gasteiger partial charge in [-0.2, -0.15) is 0 Å². The van der Waals surface area contributed by atoms with Gasteiger partial charge in [-0.1, -0.05) is 57.9 Å². The summed E-state index contributed by atoms with van der Waals surface area (Å²) in [5, 5.41) is 17.0. The largest absolute Gasteiger partial charge is 0.494 e. The van der Waals surface area contributed by atoms with E-state index in [9.17, 15) is 19.5 Å². The highest BCUT2D eigenvalue weighted by atomic mass is 79.9.